The van der Waals surface area contributed by atoms with Crippen molar-refractivity contribution in [2.24, 2.45) is 10.9 Å². The fourth-order valence-electron chi connectivity index (χ4n) is 1.44. The third kappa shape index (κ3) is 2.97. The Kier molecular flexibility index (Phi) is 3.93. The van der Waals surface area contributed by atoms with E-state index in [4.69, 9.17) is 10.9 Å². The summed E-state index contributed by atoms with van der Waals surface area (Å²) in [5, 5.41) is 11.1. The average Bonchev–Trinajstić information content (AvgIpc) is 2.86. The van der Waals surface area contributed by atoms with Crippen molar-refractivity contribution in [3.8, 4) is 0 Å². The molecular formula is C9H11N5O3S2. The smallest absolute Gasteiger partial charge is 0.242 e. The van der Waals surface area contributed by atoms with Gasteiger partial charge in [-0.3, -0.25) is 0 Å². The molecule has 1 aromatic heterocycles. The molecule has 19 heavy (non-hydrogen) atoms. The van der Waals surface area contributed by atoms with Gasteiger partial charge < -0.3 is 10.9 Å². The molecule has 10 heteroatoms. The summed E-state index contributed by atoms with van der Waals surface area (Å²) in [6.07, 6.45) is 0.112. The van der Waals surface area contributed by atoms with Gasteiger partial charge in [0.1, 0.15) is 21.8 Å². The van der Waals surface area contributed by atoms with Crippen LogP contribution in [0.25, 0.3) is 11.0 Å². The van der Waals surface area contributed by atoms with E-state index in [0.717, 1.165) is 11.7 Å². The lowest BCUT2D eigenvalue weighted by Gasteiger charge is -2.06. The van der Waals surface area contributed by atoms with Crippen molar-refractivity contribution < 1.29 is 13.6 Å². The van der Waals surface area contributed by atoms with Gasteiger partial charge in [-0.05, 0) is 12.1 Å². The minimum atomic E-state index is -3.70. The minimum Gasteiger partial charge on any atom is -0.409 e. The van der Waals surface area contributed by atoms with Crippen molar-refractivity contribution in [2.45, 2.75) is 11.3 Å². The second kappa shape index (κ2) is 5.47. The van der Waals surface area contributed by atoms with Gasteiger partial charge in [0.2, 0.25) is 10.0 Å². The minimum absolute atomic E-state index is 0.0339. The Balaban J connectivity index is 2.22. The van der Waals surface area contributed by atoms with Crippen molar-refractivity contribution in [3.05, 3.63) is 18.2 Å². The Bertz CT molecular complexity index is 709. The van der Waals surface area contributed by atoms with E-state index >= 15 is 0 Å². The van der Waals surface area contributed by atoms with E-state index in [0.29, 0.717) is 11.0 Å². The highest BCUT2D eigenvalue weighted by atomic mass is 32.2. The molecule has 0 atom stereocenters. The molecule has 0 aliphatic heterocycles. The Morgan fingerprint density at radius 3 is 3.00 bits per heavy atom. The van der Waals surface area contributed by atoms with Gasteiger partial charge >= 0.3 is 0 Å². The number of hydrogen-bond donors (Lipinski definition) is 3. The first-order chi connectivity index (χ1) is 9.04. The molecule has 0 aliphatic rings. The highest BCUT2D eigenvalue weighted by molar-refractivity contribution is 7.89. The molecule has 0 amide bonds. The predicted octanol–water partition coefficient (Wildman–Crippen LogP) is 0.106. The summed E-state index contributed by atoms with van der Waals surface area (Å²) >= 11 is 0.951. The van der Waals surface area contributed by atoms with Crippen LogP contribution < -0.4 is 10.5 Å². The summed E-state index contributed by atoms with van der Waals surface area (Å²) in [6.45, 7) is 0.0339. The SMILES string of the molecule is NC(CCNS(=O)(=O)c1cccc2nsnc12)=NO. The number of rotatable bonds is 5. The van der Waals surface area contributed by atoms with Crippen LogP contribution in [-0.2, 0) is 10.0 Å². The lowest BCUT2D eigenvalue weighted by Crippen LogP contribution is -2.28. The summed E-state index contributed by atoms with van der Waals surface area (Å²) < 4.78 is 34.5. The highest BCUT2D eigenvalue weighted by Crippen LogP contribution is 2.20. The van der Waals surface area contributed by atoms with Gasteiger partial charge in [0.25, 0.3) is 0 Å². The van der Waals surface area contributed by atoms with E-state index in [1.807, 2.05) is 0 Å². The van der Waals surface area contributed by atoms with Crippen molar-refractivity contribution in [1.29, 1.82) is 0 Å². The Labute approximate surface area is 113 Å². The van der Waals surface area contributed by atoms with E-state index in [-0.39, 0.29) is 23.7 Å². The number of aromatic nitrogens is 2. The number of fused-ring (bicyclic) bond motifs is 1. The fraction of sp³-hybridized carbons (Fsp3) is 0.222. The van der Waals surface area contributed by atoms with Crippen LogP contribution in [0.2, 0.25) is 0 Å². The molecule has 0 spiro atoms. The lowest BCUT2D eigenvalue weighted by atomic mass is 10.3. The summed E-state index contributed by atoms with van der Waals surface area (Å²) in [6, 6.07) is 4.74. The second-order valence-electron chi connectivity index (χ2n) is 3.63. The molecule has 4 N–H and O–H groups in total. The first-order valence-electron chi connectivity index (χ1n) is 5.22. The summed E-state index contributed by atoms with van der Waals surface area (Å²) in [5.41, 5.74) is 6.13. The number of nitrogens with zero attached hydrogens (tertiary/aromatic N) is 3. The monoisotopic (exact) mass is 301 g/mol. The van der Waals surface area contributed by atoms with Crippen LogP contribution in [0.1, 0.15) is 6.42 Å². The van der Waals surface area contributed by atoms with Gasteiger partial charge in [-0.15, -0.1) is 0 Å². The molecule has 0 saturated heterocycles. The molecule has 0 unspecified atom stereocenters. The van der Waals surface area contributed by atoms with E-state index in [2.05, 4.69) is 18.6 Å². The molecule has 1 aromatic carbocycles. The van der Waals surface area contributed by atoms with Gasteiger partial charge in [0.05, 0.1) is 11.7 Å². The molecule has 1 heterocycles. The molecule has 2 rings (SSSR count). The molecular weight excluding hydrogens is 290 g/mol. The van der Waals surface area contributed by atoms with Crippen LogP contribution in [0, 0.1) is 0 Å². The molecule has 0 radical (unpaired) electrons. The number of sulfonamides is 1. The van der Waals surface area contributed by atoms with Crippen LogP contribution >= 0.6 is 11.7 Å². The maximum Gasteiger partial charge on any atom is 0.242 e. The fourth-order valence-corrected chi connectivity index (χ4v) is 3.24. The van der Waals surface area contributed by atoms with Crippen LogP contribution in [0.5, 0.6) is 0 Å². The number of amidine groups is 1. The van der Waals surface area contributed by atoms with Crippen LogP contribution in [0.15, 0.2) is 28.3 Å². The normalized spacial score (nSPS) is 12.9. The highest BCUT2D eigenvalue weighted by Gasteiger charge is 2.18. The van der Waals surface area contributed by atoms with Crippen LogP contribution in [0.3, 0.4) is 0 Å². The Morgan fingerprint density at radius 1 is 1.47 bits per heavy atom. The third-order valence-corrected chi connectivity index (χ3v) is 4.38. The average molecular weight is 301 g/mol. The van der Waals surface area contributed by atoms with Gasteiger partial charge in [-0.2, -0.15) is 8.75 Å². The predicted molar refractivity (Wildman–Crippen MR) is 70.6 cm³/mol. The van der Waals surface area contributed by atoms with Crippen molar-refractivity contribution in [1.82, 2.24) is 13.5 Å². The van der Waals surface area contributed by atoms with E-state index in [1.165, 1.54) is 6.07 Å². The van der Waals surface area contributed by atoms with Gasteiger partial charge in [-0.25, -0.2) is 13.1 Å². The maximum absolute atomic E-state index is 12.1. The van der Waals surface area contributed by atoms with Crippen LogP contribution in [0.4, 0.5) is 0 Å². The molecule has 0 fully saturated rings. The largest absolute Gasteiger partial charge is 0.409 e. The van der Waals surface area contributed by atoms with Gasteiger partial charge in [0, 0.05) is 13.0 Å². The molecule has 102 valence electrons. The van der Waals surface area contributed by atoms with Crippen molar-refractivity contribution >= 4 is 38.6 Å². The van der Waals surface area contributed by atoms with Gasteiger partial charge in [-0.1, -0.05) is 11.2 Å². The Morgan fingerprint density at radius 2 is 2.26 bits per heavy atom. The third-order valence-electron chi connectivity index (χ3n) is 2.34. The van der Waals surface area contributed by atoms with E-state index in [1.54, 1.807) is 12.1 Å². The standard InChI is InChI=1S/C9H11N5O3S2/c10-8(12-15)4-5-11-19(16,17)7-3-1-2-6-9(7)14-18-13-6/h1-3,11,15H,4-5H2,(H2,10,12). The topological polar surface area (TPSA) is 131 Å². The molecule has 2 aromatic rings. The molecule has 0 aliphatic carbocycles. The molecule has 0 saturated carbocycles. The Hall–Kier alpha value is -1.78. The zero-order valence-corrected chi connectivity index (χ0v) is 11.3. The molecule has 0 bridgehead atoms. The molecule has 8 nitrogen and oxygen atoms in total. The van der Waals surface area contributed by atoms with E-state index in [9.17, 15) is 8.42 Å². The van der Waals surface area contributed by atoms with Gasteiger partial charge in [0.15, 0.2) is 0 Å². The zero-order chi connectivity index (χ0) is 13.9. The van der Waals surface area contributed by atoms with Crippen molar-refractivity contribution in [3.63, 3.8) is 0 Å². The van der Waals surface area contributed by atoms with E-state index < -0.39 is 10.0 Å². The number of benzene rings is 1. The van der Waals surface area contributed by atoms with Crippen LogP contribution in [-0.4, -0.2) is 34.8 Å². The number of nitrogens with one attached hydrogen (secondary N) is 1. The maximum atomic E-state index is 12.1. The quantitative estimate of drug-likeness (QED) is 0.311. The summed E-state index contributed by atoms with van der Waals surface area (Å²) in [4.78, 5) is 0.0678. The lowest BCUT2D eigenvalue weighted by molar-refractivity contribution is 0.317. The van der Waals surface area contributed by atoms with Crippen molar-refractivity contribution in [2.75, 3.05) is 6.54 Å². The summed E-state index contributed by atoms with van der Waals surface area (Å²) in [5.74, 6) is -0.0452. The number of oxime groups is 1. The first-order valence-corrected chi connectivity index (χ1v) is 7.43. The number of nitrogens with two attached hydrogens (primary N) is 1. The second-order valence-corrected chi connectivity index (χ2v) is 5.89. The number of hydrogen-bond acceptors (Lipinski definition) is 7. The summed E-state index contributed by atoms with van der Waals surface area (Å²) in [7, 11) is -3.70. The first kappa shape index (κ1) is 13.6. The zero-order valence-electron chi connectivity index (χ0n) is 9.65.